The van der Waals surface area contributed by atoms with Gasteiger partial charge in [-0.15, -0.1) is 13.2 Å². The summed E-state index contributed by atoms with van der Waals surface area (Å²) in [6.45, 7) is 3.43. The number of carboxylic acids is 1. The van der Waals surface area contributed by atoms with Crippen molar-refractivity contribution in [1.29, 1.82) is 0 Å². The molecule has 2 aromatic carbocycles. The van der Waals surface area contributed by atoms with Crippen molar-refractivity contribution in [2.75, 3.05) is 26.2 Å². The summed E-state index contributed by atoms with van der Waals surface area (Å²) in [6, 6.07) is 8.00. The van der Waals surface area contributed by atoms with Crippen LogP contribution in [0, 0.1) is 0 Å². The Morgan fingerprint density at radius 2 is 1.66 bits per heavy atom. The summed E-state index contributed by atoms with van der Waals surface area (Å²) in [5, 5.41) is 10.2. The Labute approximate surface area is 232 Å². The van der Waals surface area contributed by atoms with Crippen LogP contribution in [0.15, 0.2) is 42.5 Å². The zero-order valence-corrected chi connectivity index (χ0v) is 22.1. The minimum atomic E-state index is -5.00. The first kappa shape index (κ1) is 29.1. The average Bonchev–Trinajstić information content (AvgIpc) is 2.92. The van der Waals surface area contributed by atoms with E-state index in [-0.39, 0.29) is 39.8 Å². The summed E-state index contributed by atoms with van der Waals surface area (Å²) in [7, 11) is 0. The Morgan fingerprint density at radius 3 is 2.29 bits per heavy atom. The van der Waals surface area contributed by atoms with Gasteiger partial charge in [0.25, 0.3) is 0 Å². The average molecular weight is 582 g/mol. The lowest BCUT2D eigenvalue weighted by Crippen LogP contribution is -2.46. The number of likely N-dealkylation sites (tertiary alicyclic amines) is 2. The van der Waals surface area contributed by atoms with E-state index in [1.165, 1.54) is 24.6 Å². The molecule has 0 spiro atoms. The molecule has 0 amide bonds. The predicted molar refractivity (Wildman–Crippen MR) is 140 cm³/mol. The van der Waals surface area contributed by atoms with Gasteiger partial charge in [-0.1, -0.05) is 18.6 Å². The number of nitrogens with zero attached hydrogens (tertiary/aromatic N) is 3. The number of fused-ring (bicyclic) bond motifs is 1. The van der Waals surface area contributed by atoms with Crippen LogP contribution < -0.4 is 4.74 Å². The summed E-state index contributed by atoms with van der Waals surface area (Å²) >= 11 is 0. The van der Waals surface area contributed by atoms with Crippen molar-refractivity contribution in [3.63, 3.8) is 0 Å². The van der Waals surface area contributed by atoms with Crippen LogP contribution in [-0.4, -0.2) is 64.4 Å². The van der Waals surface area contributed by atoms with Crippen molar-refractivity contribution in [1.82, 2.24) is 14.8 Å². The highest BCUT2D eigenvalue weighted by atomic mass is 19.4. The lowest BCUT2D eigenvalue weighted by atomic mass is 9.94. The van der Waals surface area contributed by atoms with Gasteiger partial charge in [-0.2, -0.15) is 13.2 Å². The van der Waals surface area contributed by atoms with Crippen LogP contribution in [0.25, 0.3) is 22.2 Å². The second-order valence-electron chi connectivity index (χ2n) is 10.5. The second kappa shape index (κ2) is 11.5. The van der Waals surface area contributed by atoms with Gasteiger partial charge in [-0.25, -0.2) is 9.78 Å². The molecule has 0 unspecified atom stereocenters. The molecular formula is C29H29F6N3O3. The van der Waals surface area contributed by atoms with Gasteiger partial charge in [0, 0.05) is 29.1 Å². The highest BCUT2D eigenvalue weighted by molar-refractivity contribution is 6.06. The molecule has 2 fully saturated rings. The molecule has 1 aromatic heterocycles. The molecule has 2 aliphatic heterocycles. The van der Waals surface area contributed by atoms with Crippen LogP contribution in [0.1, 0.15) is 53.6 Å². The van der Waals surface area contributed by atoms with E-state index in [0.717, 1.165) is 63.0 Å². The molecule has 3 heterocycles. The first-order valence-electron chi connectivity index (χ1n) is 13.5. The Hall–Kier alpha value is -3.38. The van der Waals surface area contributed by atoms with Gasteiger partial charge in [0.2, 0.25) is 0 Å². The number of ether oxygens (including phenoxy) is 1. The molecule has 0 bridgehead atoms. The van der Waals surface area contributed by atoms with Gasteiger partial charge >= 0.3 is 18.5 Å². The lowest BCUT2D eigenvalue weighted by Gasteiger charge is -2.40. The third-order valence-corrected chi connectivity index (χ3v) is 7.81. The molecule has 6 nitrogen and oxygen atoms in total. The number of hydrogen-bond donors (Lipinski definition) is 1. The SMILES string of the molecule is O=C(O)c1c(CN2CCC(N3CCCCC3)CC2)c(-c2cccc(C(F)(F)F)c2)nc2ccc(OC(F)(F)F)cc12. The first-order chi connectivity index (χ1) is 19.4. The van der Waals surface area contributed by atoms with Crippen LogP contribution >= 0.6 is 0 Å². The number of aromatic nitrogens is 1. The largest absolute Gasteiger partial charge is 0.573 e. The number of halogens is 6. The molecule has 0 aliphatic carbocycles. The van der Waals surface area contributed by atoms with Crippen LogP contribution in [0.3, 0.4) is 0 Å². The fourth-order valence-corrected chi connectivity index (χ4v) is 5.91. The third kappa shape index (κ3) is 6.75. The van der Waals surface area contributed by atoms with Gasteiger partial charge in [0.15, 0.2) is 0 Å². The summed E-state index contributed by atoms with van der Waals surface area (Å²) in [5.74, 6) is -2.04. The molecule has 3 aromatic rings. The van der Waals surface area contributed by atoms with Crippen LogP contribution in [0.4, 0.5) is 26.3 Å². The maximum absolute atomic E-state index is 13.6. The number of pyridine rings is 1. The zero-order chi connectivity index (χ0) is 29.4. The molecule has 12 heteroatoms. The topological polar surface area (TPSA) is 65.9 Å². The first-order valence-corrected chi connectivity index (χ1v) is 13.5. The Morgan fingerprint density at radius 1 is 0.951 bits per heavy atom. The monoisotopic (exact) mass is 581 g/mol. The quantitative estimate of drug-likeness (QED) is 0.318. The molecule has 0 saturated carbocycles. The minimum Gasteiger partial charge on any atom is -0.478 e. The molecular weight excluding hydrogens is 552 g/mol. The summed E-state index contributed by atoms with van der Waals surface area (Å²) in [6.07, 6.45) is -4.39. The van der Waals surface area contributed by atoms with E-state index in [0.29, 0.717) is 19.1 Å². The Balaban J connectivity index is 1.57. The van der Waals surface area contributed by atoms with E-state index in [2.05, 4.69) is 14.6 Å². The number of alkyl halides is 6. The molecule has 2 aliphatic rings. The van der Waals surface area contributed by atoms with Crippen LogP contribution in [0.2, 0.25) is 0 Å². The normalized spacial score (nSPS) is 18.1. The molecule has 41 heavy (non-hydrogen) atoms. The summed E-state index contributed by atoms with van der Waals surface area (Å²) < 4.78 is 83.4. The van der Waals surface area contributed by atoms with Crippen molar-refractivity contribution >= 4 is 16.9 Å². The van der Waals surface area contributed by atoms with E-state index in [9.17, 15) is 36.2 Å². The van der Waals surface area contributed by atoms with Gasteiger partial charge in [-0.3, -0.25) is 4.90 Å². The van der Waals surface area contributed by atoms with E-state index >= 15 is 0 Å². The molecule has 220 valence electrons. The molecule has 0 atom stereocenters. The molecule has 0 radical (unpaired) electrons. The lowest BCUT2D eigenvalue weighted by molar-refractivity contribution is -0.274. The number of carbonyl (C=O) groups is 1. The molecule has 2 saturated heterocycles. The van der Waals surface area contributed by atoms with E-state index in [1.807, 2.05) is 4.90 Å². The van der Waals surface area contributed by atoms with Gasteiger partial charge in [0.1, 0.15) is 5.75 Å². The third-order valence-electron chi connectivity index (χ3n) is 7.81. The number of hydrogen-bond acceptors (Lipinski definition) is 5. The number of rotatable bonds is 6. The fraction of sp³-hybridized carbons (Fsp3) is 0.448. The summed E-state index contributed by atoms with van der Waals surface area (Å²) in [4.78, 5) is 21.7. The molecule has 5 rings (SSSR count). The maximum Gasteiger partial charge on any atom is 0.573 e. The van der Waals surface area contributed by atoms with Gasteiger partial charge < -0.3 is 14.7 Å². The number of carboxylic acid groups (broad SMARTS) is 1. The maximum atomic E-state index is 13.6. The Bertz CT molecular complexity index is 1410. The van der Waals surface area contributed by atoms with Crippen molar-refractivity contribution < 1.29 is 41.0 Å². The minimum absolute atomic E-state index is 0.0249. The van der Waals surface area contributed by atoms with Gasteiger partial charge in [-0.05, 0) is 82.2 Å². The summed E-state index contributed by atoms with van der Waals surface area (Å²) in [5.41, 5.74) is -0.951. The predicted octanol–water partition coefficient (Wildman–Crippen LogP) is 6.97. The van der Waals surface area contributed by atoms with Crippen LogP contribution in [0.5, 0.6) is 5.75 Å². The highest BCUT2D eigenvalue weighted by Gasteiger charge is 2.34. The molecule has 1 N–H and O–H groups in total. The fourth-order valence-electron chi connectivity index (χ4n) is 5.91. The smallest absolute Gasteiger partial charge is 0.478 e. The zero-order valence-electron chi connectivity index (χ0n) is 22.1. The second-order valence-corrected chi connectivity index (χ2v) is 10.5. The number of aromatic carboxylic acids is 1. The van der Waals surface area contributed by atoms with Crippen molar-refractivity contribution in [2.45, 2.75) is 57.2 Å². The van der Waals surface area contributed by atoms with Crippen molar-refractivity contribution in [2.24, 2.45) is 0 Å². The van der Waals surface area contributed by atoms with E-state index < -0.39 is 29.8 Å². The van der Waals surface area contributed by atoms with Crippen molar-refractivity contribution in [3.8, 4) is 17.0 Å². The highest BCUT2D eigenvalue weighted by Crippen LogP contribution is 2.37. The van der Waals surface area contributed by atoms with Gasteiger partial charge in [0.05, 0.1) is 22.3 Å². The number of benzene rings is 2. The van der Waals surface area contributed by atoms with E-state index in [4.69, 9.17) is 0 Å². The van der Waals surface area contributed by atoms with E-state index in [1.54, 1.807) is 0 Å². The standard InChI is InChI=1S/C29H29F6N3O3/c30-28(31,32)19-6-4-5-18(15-19)26-23(17-37-13-9-20(10-14-37)38-11-2-1-3-12-38)25(27(39)40)22-16-21(41-29(33,34)35)7-8-24(22)36-26/h4-8,15-16,20H,1-3,9-14,17H2,(H,39,40). The van der Waals surface area contributed by atoms with Crippen molar-refractivity contribution in [3.05, 3.63) is 59.2 Å². The number of piperidine rings is 2. The van der Waals surface area contributed by atoms with Crippen LogP contribution in [-0.2, 0) is 12.7 Å². The Kier molecular flexibility index (Phi) is 8.15.